The fraction of sp³-hybridized carbons (Fsp3) is 0.579. The summed E-state index contributed by atoms with van der Waals surface area (Å²) in [4.78, 5) is 2.60. The molecule has 0 bridgehead atoms. The van der Waals surface area contributed by atoms with Crippen molar-refractivity contribution < 1.29 is 4.74 Å². The third-order valence-corrected chi connectivity index (χ3v) is 6.15. The number of hydrogen-bond donors (Lipinski definition) is 0. The predicted octanol–water partition coefficient (Wildman–Crippen LogP) is 4.02. The van der Waals surface area contributed by atoms with Gasteiger partial charge in [-0.25, -0.2) is 4.68 Å². The summed E-state index contributed by atoms with van der Waals surface area (Å²) in [7, 11) is 1.68. The molecule has 2 atom stereocenters. The van der Waals surface area contributed by atoms with Crippen molar-refractivity contribution in [2.45, 2.75) is 51.2 Å². The van der Waals surface area contributed by atoms with Crippen LogP contribution in [0.1, 0.15) is 38.5 Å². The molecule has 0 radical (unpaired) electrons. The van der Waals surface area contributed by atoms with E-state index in [2.05, 4.69) is 10.00 Å². The largest absolute Gasteiger partial charge is 0.497 e. The molecule has 1 saturated heterocycles. The van der Waals surface area contributed by atoms with Crippen LogP contribution in [-0.4, -0.2) is 38.9 Å². The highest BCUT2D eigenvalue weighted by atomic mass is 32.1. The molecule has 0 N–H and O–H groups in total. The summed E-state index contributed by atoms with van der Waals surface area (Å²) >= 11 is 5.70. The van der Waals surface area contributed by atoms with E-state index in [0.29, 0.717) is 6.04 Å². The van der Waals surface area contributed by atoms with Gasteiger partial charge < -0.3 is 4.74 Å². The maximum absolute atomic E-state index is 5.70. The number of piperidine rings is 1. The topological polar surface area (TPSA) is 35.2 Å². The van der Waals surface area contributed by atoms with Gasteiger partial charge in [-0.2, -0.15) is 5.10 Å². The molecule has 25 heavy (non-hydrogen) atoms. The highest BCUT2D eigenvalue weighted by molar-refractivity contribution is 7.71. The Morgan fingerprint density at radius 1 is 1.20 bits per heavy atom. The Morgan fingerprint density at radius 2 is 2.04 bits per heavy atom. The molecule has 2 aromatic rings. The SMILES string of the molecule is COc1cccc(-n2cnn(CN3CCC[C@H]4CCCC[C@@H]43)c2=S)c1. The molecule has 1 saturated carbocycles. The van der Waals surface area contributed by atoms with Crippen LogP contribution in [-0.2, 0) is 6.67 Å². The first-order valence-electron chi connectivity index (χ1n) is 9.29. The molecule has 1 aromatic heterocycles. The van der Waals surface area contributed by atoms with Crippen LogP contribution in [0.5, 0.6) is 5.75 Å². The summed E-state index contributed by atoms with van der Waals surface area (Å²) in [6.07, 6.45) is 9.99. The lowest BCUT2D eigenvalue weighted by atomic mass is 9.78. The van der Waals surface area contributed by atoms with E-state index >= 15 is 0 Å². The first-order chi connectivity index (χ1) is 12.3. The Balaban J connectivity index is 1.55. The van der Waals surface area contributed by atoms with Gasteiger partial charge in [-0.1, -0.05) is 18.9 Å². The quantitative estimate of drug-likeness (QED) is 0.773. The first kappa shape index (κ1) is 16.8. The monoisotopic (exact) mass is 358 g/mol. The van der Waals surface area contributed by atoms with Gasteiger partial charge in [-0.15, -0.1) is 0 Å². The molecule has 134 valence electrons. The summed E-state index contributed by atoms with van der Waals surface area (Å²) in [5, 5.41) is 4.57. The van der Waals surface area contributed by atoms with E-state index in [-0.39, 0.29) is 0 Å². The van der Waals surface area contributed by atoms with Gasteiger partial charge in [0.2, 0.25) is 4.77 Å². The van der Waals surface area contributed by atoms with Crippen molar-refractivity contribution in [3.05, 3.63) is 35.4 Å². The first-order valence-corrected chi connectivity index (χ1v) is 9.70. The zero-order chi connectivity index (χ0) is 17.2. The molecule has 2 aliphatic rings. The van der Waals surface area contributed by atoms with Crippen molar-refractivity contribution in [1.29, 1.82) is 0 Å². The van der Waals surface area contributed by atoms with Crippen LogP contribution in [0.2, 0.25) is 0 Å². The highest BCUT2D eigenvalue weighted by Crippen LogP contribution is 2.35. The average Bonchev–Trinajstić information content (AvgIpc) is 3.02. The Kier molecular flexibility index (Phi) is 4.90. The molecular weight excluding hydrogens is 332 g/mol. The summed E-state index contributed by atoms with van der Waals surface area (Å²) in [5.74, 6) is 1.70. The molecule has 2 fully saturated rings. The molecule has 4 rings (SSSR count). The van der Waals surface area contributed by atoms with Crippen LogP contribution >= 0.6 is 12.2 Å². The number of rotatable bonds is 4. The van der Waals surface area contributed by atoms with Gasteiger partial charge in [-0.3, -0.25) is 9.47 Å². The maximum atomic E-state index is 5.70. The lowest BCUT2D eigenvalue weighted by Crippen LogP contribution is -2.47. The molecule has 1 aromatic carbocycles. The van der Waals surface area contributed by atoms with Crippen LogP contribution in [0.3, 0.4) is 0 Å². The lowest BCUT2D eigenvalue weighted by molar-refractivity contribution is 0.0323. The minimum Gasteiger partial charge on any atom is -0.497 e. The molecule has 5 nitrogen and oxygen atoms in total. The van der Waals surface area contributed by atoms with Gasteiger partial charge in [-0.05, 0) is 56.0 Å². The molecule has 1 aliphatic carbocycles. The fourth-order valence-corrected chi connectivity index (χ4v) is 4.70. The zero-order valence-electron chi connectivity index (χ0n) is 14.8. The number of aromatic nitrogens is 3. The Bertz CT molecular complexity index is 782. The fourth-order valence-electron chi connectivity index (χ4n) is 4.45. The van der Waals surface area contributed by atoms with E-state index in [1.165, 1.54) is 38.5 Å². The van der Waals surface area contributed by atoms with Gasteiger partial charge in [0.25, 0.3) is 0 Å². The van der Waals surface area contributed by atoms with Crippen LogP contribution < -0.4 is 4.74 Å². The predicted molar refractivity (Wildman–Crippen MR) is 101 cm³/mol. The number of methoxy groups -OCH3 is 1. The van der Waals surface area contributed by atoms with Crippen LogP contribution in [0, 0.1) is 10.7 Å². The van der Waals surface area contributed by atoms with Crippen molar-refractivity contribution in [2.24, 2.45) is 5.92 Å². The normalized spacial score (nSPS) is 24.0. The Labute approximate surface area is 154 Å². The second kappa shape index (κ2) is 7.30. The van der Waals surface area contributed by atoms with Crippen molar-refractivity contribution in [3.63, 3.8) is 0 Å². The number of benzene rings is 1. The molecule has 6 heteroatoms. The van der Waals surface area contributed by atoms with E-state index < -0.39 is 0 Å². The van der Waals surface area contributed by atoms with E-state index in [4.69, 9.17) is 17.0 Å². The van der Waals surface area contributed by atoms with E-state index in [1.54, 1.807) is 7.11 Å². The summed E-state index contributed by atoms with van der Waals surface area (Å²) < 4.78 is 9.99. The molecule has 0 spiro atoms. The number of hydrogen-bond acceptors (Lipinski definition) is 4. The van der Waals surface area contributed by atoms with Crippen LogP contribution in [0.4, 0.5) is 0 Å². The third-order valence-electron chi connectivity index (χ3n) is 5.74. The second-order valence-electron chi connectivity index (χ2n) is 7.19. The van der Waals surface area contributed by atoms with Gasteiger partial charge >= 0.3 is 0 Å². The van der Waals surface area contributed by atoms with Gasteiger partial charge in [0.1, 0.15) is 12.1 Å². The lowest BCUT2D eigenvalue weighted by Gasteiger charge is -2.43. The minimum atomic E-state index is 0.714. The van der Waals surface area contributed by atoms with E-state index in [1.807, 2.05) is 39.8 Å². The van der Waals surface area contributed by atoms with Gasteiger partial charge in [0, 0.05) is 18.7 Å². The Morgan fingerprint density at radius 3 is 2.92 bits per heavy atom. The minimum absolute atomic E-state index is 0.714. The smallest absolute Gasteiger partial charge is 0.203 e. The highest BCUT2D eigenvalue weighted by Gasteiger charge is 2.33. The standard InChI is InChI=1S/C19H26N4OS/c1-24-17-9-4-8-16(12-17)22-13-20-23(19(22)25)14-21-11-5-7-15-6-2-3-10-18(15)21/h4,8-9,12-13,15,18H,2-3,5-7,10-11,14H2,1H3/t15-,18+/m1/s1. The number of fused-ring (bicyclic) bond motifs is 1. The molecular formula is C19H26N4OS. The zero-order valence-corrected chi connectivity index (χ0v) is 15.6. The average molecular weight is 359 g/mol. The number of likely N-dealkylation sites (tertiary alicyclic amines) is 1. The molecule has 0 unspecified atom stereocenters. The van der Waals surface area contributed by atoms with Crippen molar-refractivity contribution in [2.75, 3.05) is 13.7 Å². The van der Waals surface area contributed by atoms with E-state index in [9.17, 15) is 0 Å². The molecule has 2 heterocycles. The Hall–Kier alpha value is -1.66. The van der Waals surface area contributed by atoms with E-state index in [0.717, 1.165) is 35.3 Å². The van der Waals surface area contributed by atoms with Gasteiger partial charge in [0.15, 0.2) is 0 Å². The number of nitrogens with zero attached hydrogens (tertiary/aromatic N) is 4. The summed E-state index contributed by atoms with van der Waals surface area (Å²) in [5.41, 5.74) is 0.991. The van der Waals surface area contributed by atoms with Gasteiger partial charge in [0.05, 0.1) is 19.5 Å². The summed E-state index contributed by atoms with van der Waals surface area (Å²) in [6, 6.07) is 8.65. The number of ether oxygens (including phenoxy) is 1. The molecule has 1 aliphatic heterocycles. The van der Waals surface area contributed by atoms with Crippen molar-refractivity contribution in [1.82, 2.24) is 19.2 Å². The second-order valence-corrected chi connectivity index (χ2v) is 7.56. The van der Waals surface area contributed by atoms with Crippen molar-refractivity contribution >= 4 is 12.2 Å². The third kappa shape index (κ3) is 3.37. The van der Waals surface area contributed by atoms with Crippen LogP contribution in [0.15, 0.2) is 30.6 Å². The van der Waals surface area contributed by atoms with Crippen molar-refractivity contribution in [3.8, 4) is 11.4 Å². The maximum Gasteiger partial charge on any atom is 0.203 e. The molecule has 0 amide bonds. The van der Waals surface area contributed by atoms with Crippen LogP contribution in [0.25, 0.3) is 5.69 Å². The summed E-state index contributed by atoms with van der Waals surface area (Å²) in [6.45, 7) is 1.96.